The monoisotopic (exact) mass is 312 g/mol. The molecule has 4 nitrogen and oxygen atoms in total. The van der Waals surface area contributed by atoms with Gasteiger partial charge in [-0.1, -0.05) is 30.3 Å². The first-order valence-corrected chi connectivity index (χ1v) is 7.36. The molecule has 2 aromatic carbocycles. The summed E-state index contributed by atoms with van der Waals surface area (Å²) in [5.74, 6) is 1.81. The number of hydrogen-bond acceptors (Lipinski definition) is 4. The Kier molecular flexibility index (Phi) is 7.48. The van der Waals surface area contributed by atoms with Crippen LogP contribution in [0.1, 0.15) is 10.4 Å². The van der Waals surface area contributed by atoms with Crippen LogP contribution in [0.25, 0.3) is 0 Å². The summed E-state index contributed by atoms with van der Waals surface area (Å²) in [5.41, 5.74) is 0.716. The summed E-state index contributed by atoms with van der Waals surface area (Å²) in [6, 6.07) is 12.7. The van der Waals surface area contributed by atoms with E-state index in [0.29, 0.717) is 22.8 Å². The molecule has 0 spiro atoms. The van der Waals surface area contributed by atoms with E-state index in [0.717, 1.165) is 5.30 Å². The van der Waals surface area contributed by atoms with Gasteiger partial charge in [0.15, 0.2) is 5.52 Å². The zero-order valence-corrected chi connectivity index (χ0v) is 13.2. The molecule has 0 aliphatic heterocycles. The Balaban J connectivity index is 0.00000242. The molecule has 1 atom stereocenters. The molecule has 0 aromatic heterocycles. The molecule has 0 heterocycles. The molecule has 0 saturated heterocycles. The Morgan fingerprint density at radius 3 is 1.91 bits per heavy atom. The predicted octanol–water partition coefficient (Wildman–Crippen LogP) is 2.21. The van der Waals surface area contributed by atoms with Crippen LogP contribution < -0.4 is 19.5 Å². The number of carbonyl (C=O) groups excluding carboxylic acids is 1. The van der Waals surface area contributed by atoms with Crippen LogP contribution in [0.3, 0.4) is 0 Å². The van der Waals surface area contributed by atoms with Gasteiger partial charge in [-0.05, 0) is 8.58 Å². The van der Waals surface area contributed by atoms with Gasteiger partial charge in [-0.15, -0.1) is 0 Å². The van der Waals surface area contributed by atoms with Crippen LogP contribution >= 0.6 is 8.58 Å². The summed E-state index contributed by atoms with van der Waals surface area (Å²) >= 11 is 0. The maximum absolute atomic E-state index is 12.4. The van der Waals surface area contributed by atoms with Gasteiger partial charge in [-0.25, -0.2) is 0 Å². The first-order chi connectivity index (χ1) is 10.2. The van der Waals surface area contributed by atoms with E-state index in [9.17, 15) is 4.79 Å². The van der Waals surface area contributed by atoms with Crippen LogP contribution in [-0.2, 0) is 0 Å². The average Bonchev–Trinajstić information content (AvgIpc) is 2.55. The van der Waals surface area contributed by atoms with Crippen LogP contribution in [0.15, 0.2) is 42.5 Å². The van der Waals surface area contributed by atoms with E-state index in [1.807, 2.05) is 18.2 Å². The summed E-state index contributed by atoms with van der Waals surface area (Å²) in [5, 5.41) is 0.745. The fourth-order valence-corrected chi connectivity index (χ4v) is 3.04. The first kappa shape index (κ1) is 18.6. The van der Waals surface area contributed by atoms with Gasteiger partial charge in [-0.2, -0.15) is 0 Å². The van der Waals surface area contributed by atoms with Gasteiger partial charge < -0.3 is 14.2 Å². The summed E-state index contributed by atoms with van der Waals surface area (Å²) in [4.78, 5) is 12.4. The molecule has 0 aliphatic rings. The zero-order valence-electron chi connectivity index (χ0n) is 12.2. The van der Waals surface area contributed by atoms with Crippen LogP contribution in [0, 0.1) is 0 Å². The molecule has 0 bridgehead atoms. The number of hydrogen-bond donors (Lipinski definition) is 0. The van der Waals surface area contributed by atoms with Crippen molar-refractivity contribution in [3.05, 3.63) is 48.0 Å². The molecule has 0 radical (unpaired) electrons. The first-order valence-electron chi connectivity index (χ1n) is 6.36. The van der Waals surface area contributed by atoms with Crippen molar-refractivity contribution in [1.29, 1.82) is 0 Å². The van der Waals surface area contributed by atoms with Crippen molar-refractivity contribution in [2.75, 3.05) is 21.3 Å². The van der Waals surface area contributed by atoms with Crippen molar-refractivity contribution in [1.82, 2.24) is 0 Å². The zero-order chi connectivity index (χ0) is 15.2. The van der Waals surface area contributed by atoms with E-state index >= 15 is 0 Å². The fourth-order valence-electron chi connectivity index (χ4n) is 1.90. The summed E-state index contributed by atoms with van der Waals surface area (Å²) in [7, 11) is 4.62. The number of carbonyl (C=O) groups is 1. The van der Waals surface area contributed by atoms with E-state index in [-0.39, 0.29) is 33.0 Å². The van der Waals surface area contributed by atoms with Crippen LogP contribution in [0.5, 0.6) is 17.2 Å². The third-order valence-electron chi connectivity index (χ3n) is 2.99. The third-order valence-corrected chi connectivity index (χ3v) is 4.25. The standard InChI is InChI=1S/C16H17O4P.Li.H/c1-18-12-9-13(19-2)15(14(10-12)20-3)21-16(17)11-7-5-4-6-8-11;;/h4-10,21H,1-3H3;;. The van der Waals surface area contributed by atoms with Crippen molar-refractivity contribution in [3.63, 3.8) is 0 Å². The predicted molar refractivity (Wildman–Crippen MR) is 92.0 cm³/mol. The van der Waals surface area contributed by atoms with E-state index < -0.39 is 0 Å². The SMILES string of the molecule is COc1cc(OC)c(PC(=O)c2ccccc2)c(OC)c1.[LiH]. The van der Waals surface area contributed by atoms with Gasteiger partial charge in [0.2, 0.25) is 0 Å². The van der Waals surface area contributed by atoms with Gasteiger partial charge >= 0.3 is 18.9 Å². The van der Waals surface area contributed by atoms with Crippen LogP contribution in [0.2, 0.25) is 0 Å². The minimum atomic E-state index is -0.0797. The molecule has 0 saturated carbocycles. The molecule has 0 N–H and O–H groups in total. The molecule has 2 rings (SSSR count). The normalized spacial score (nSPS) is 10.1. The van der Waals surface area contributed by atoms with Crippen molar-refractivity contribution >= 4 is 38.3 Å². The summed E-state index contributed by atoms with van der Waals surface area (Å²) < 4.78 is 15.9. The molecule has 1 unspecified atom stereocenters. The van der Waals surface area contributed by atoms with Gasteiger partial charge in [0.25, 0.3) is 0 Å². The Morgan fingerprint density at radius 2 is 1.45 bits per heavy atom. The van der Waals surface area contributed by atoms with Crippen LogP contribution in [0.4, 0.5) is 0 Å². The molecule has 22 heavy (non-hydrogen) atoms. The second kappa shape index (κ2) is 8.85. The Morgan fingerprint density at radius 1 is 0.909 bits per heavy atom. The van der Waals surface area contributed by atoms with E-state index in [2.05, 4.69) is 0 Å². The molecule has 6 heteroatoms. The maximum atomic E-state index is 12.4. The van der Waals surface area contributed by atoms with Crippen LogP contribution in [-0.4, -0.2) is 45.7 Å². The van der Waals surface area contributed by atoms with E-state index in [1.165, 1.54) is 0 Å². The summed E-state index contributed by atoms with van der Waals surface area (Å²) in [6.45, 7) is 0. The Hall–Kier alpha value is -1.46. The fraction of sp³-hybridized carbons (Fsp3) is 0.188. The molecular formula is C16H18LiO4P. The van der Waals surface area contributed by atoms with Gasteiger partial charge in [0, 0.05) is 17.7 Å². The van der Waals surface area contributed by atoms with Gasteiger partial charge in [-0.3, -0.25) is 4.79 Å². The molecule has 2 aromatic rings. The topological polar surface area (TPSA) is 44.8 Å². The molecule has 112 valence electrons. The third kappa shape index (κ3) is 4.27. The van der Waals surface area contributed by atoms with Crippen molar-refractivity contribution in [2.45, 2.75) is 0 Å². The second-order valence-electron chi connectivity index (χ2n) is 4.23. The van der Waals surface area contributed by atoms with Crippen molar-refractivity contribution in [3.8, 4) is 17.2 Å². The molecule has 0 aliphatic carbocycles. The van der Waals surface area contributed by atoms with Crippen molar-refractivity contribution < 1.29 is 19.0 Å². The molecule has 0 amide bonds. The molecular weight excluding hydrogens is 294 g/mol. The second-order valence-corrected chi connectivity index (χ2v) is 5.43. The number of methoxy groups -OCH3 is 3. The van der Waals surface area contributed by atoms with Gasteiger partial charge in [0.1, 0.15) is 17.2 Å². The Labute approximate surface area is 144 Å². The van der Waals surface area contributed by atoms with Crippen molar-refractivity contribution in [2.24, 2.45) is 0 Å². The number of ether oxygens (including phenoxy) is 3. The Bertz CT molecular complexity index is 606. The summed E-state index contributed by atoms with van der Waals surface area (Å²) in [6.07, 6.45) is 0. The van der Waals surface area contributed by atoms with E-state index in [1.54, 1.807) is 45.6 Å². The van der Waals surface area contributed by atoms with Gasteiger partial charge in [0.05, 0.1) is 26.6 Å². The number of benzene rings is 2. The minimum absolute atomic E-state index is 0. The average molecular weight is 312 g/mol. The number of rotatable bonds is 6. The molecule has 0 fully saturated rings. The quantitative estimate of drug-likeness (QED) is 0.606. The van der Waals surface area contributed by atoms with E-state index in [4.69, 9.17) is 14.2 Å².